The molecule has 0 aliphatic heterocycles. The van der Waals surface area contributed by atoms with E-state index in [0.717, 1.165) is 11.3 Å². The van der Waals surface area contributed by atoms with Gasteiger partial charge < -0.3 is 5.32 Å². The summed E-state index contributed by atoms with van der Waals surface area (Å²) >= 11 is 7.69. The number of anilines is 2. The lowest BCUT2D eigenvalue weighted by molar-refractivity contribution is -0.114. The molecule has 2 aromatic rings. The SMILES string of the molecule is O=C(CSc1nnc(NC(=O)CCl)s1)Nc1ccc(F)cc1. The van der Waals surface area contributed by atoms with Crippen molar-refractivity contribution >= 4 is 57.3 Å². The summed E-state index contributed by atoms with van der Waals surface area (Å²) in [6, 6.07) is 5.48. The van der Waals surface area contributed by atoms with E-state index < -0.39 is 0 Å². The first-order valence-electron chi connectivity index (χ1n) is 5.94. The number of benzene rings is 1. The molecule has 10 heteroatoms. The Hall–Kier alpha value is -1.71. The molecule has 0 aliphatic rings. The quantitative estimate of drug-likeness (QED) is 0.470. The molecule has 116 valence electrons. The molecule has 2 amide bonds. The maximum Gasteiger partial charge on any atom is 0.241 e. The number of carbonyl (C=O) groups excluding carboxylic acids is 2. The second-order valence-electron chi connectivity index (χ2n) is 3.90. The number of amides is 2. The Kier molecular flexibility index (Phi) is 6.10. The van der Waals surface area contributed by atoms with Crippen LogP contribution < -0.4 is 10.6 Å². The normalized spacial score (nSPS) is 10.3. The molecule has 6 nitrogen and oxygen atoms in total. The van der Waals surface area contributed by atoms with Crippen LogP contribution in [0.3, 0.4) is 0 Å². The monoisotopic (exact) mass is 360 g/mol. The minimum absolute atomic E-state index is 0.120. The highest BCUT2D eigenvalue weighted by atomic mass is 35.5. The molecule has 0 radical (unpaired) electrons. The van der Waals surface area contributed by atoms with E-state index in [1.165, 1.54) is 36.0 Å². The summed E-state index contributed by atoms with van der Waals surface area (Å²) in [5, 5.41) is 13.0. The third-order valence-electron chi connectivity index (χ3n) is 2.23. The summed E-state index contributed by atoms with van der Waals surface area (Å²) in [5.41, 5.74) is 0.513. The van der Waals surface area contributed by atoms with E-state index in [2.05, 4.69) is 20.8 Å². The minimum Gasteiger partial charge on any atom is -0.325 e. The van der Waals surface area contributed by atoms with Crippen molar-refractivity contribution in [3.8, 4) is 0 Å². The summed E-state index contributed by atoms with van der Waals surface area (Å²) in [6.45, 7) is 0. The van der Waals surface area contributed by atoms with E-state index in [1.807, 2.05) is 0 Å². The molecule has 0 aliphatic carbocycles. The highest BCUT2D eigenvalue weighted by Crippen LogP contribution is 2.25. The largest absolute Gasteiger partial charge is 0.325 e. The first kappa shape index (κ1) is 16.7. The highest BCUT2D eigenvalue weighted by molar-refractivity contribution is 8.01. The summed E-state index contributed by atoms with van der Waals surface area (Å²) in [4.78, 5) is 22.8. The van der Waals surface area contributed by atoms with Crippen LogP contribution in [0.25, 0.3) is 0 Å². The first-order valence-corrected chi connectivity index (χ1v) is 8.28. The molecule has 1 heterocycles. The highest BCUT2D eigenvalue weighted by Gasteiger charge is 2.10. The molecule has 0 saturated carbocycles. The number of rotatable bonds is 6. The van der Waals surface area contributed by atoms with Gasteiger partial charge >= 0.3 is 0 Å². The summed E-state index contributed by atoms with van der Waals surface area (Å²) in [5.74, 6) is -1.04. The molecule has 2 N–H and O–H groups in total. The van der Waals surface area contributed by atoms with Crippen molar-refractivity contribution in [3.05, 3.63) is 30.1 Å². The molecular formula is C12H10ClFN4O2S2. The number of hydrogen-bond acceptors (Lipinski definition) is 6. The van der Waals surface area contributed by atoms with Gasteiger partial charge in [0.05, 0.1) is 5.75 Å². The Morgan fingerprint density at radius 2 is 1.91 bits per heavy atom. The third-order valence-corrected chi connectivity index (χ3v) is 4.44. The van der Waals surface area contributed by atoms with E-state index >= 15 is 0 Å². The Bertz CT molecular complexity index is 665. The van der Waals surface area contributed by atoms with Gasteiger partial charge in [-0.3, -0.25) is 14.9 Å². The number of carbonyl (C=O) groups is 2. The minimum atomic E-state index is -0.372. The van der Waals surface area contributed by atoms with Gasteiger partial charge in [-0.15, -0.1) is 21.8 Å². The molecule has 1 aromatic heterocycles. The van der Waals surface area contributed by atoms with Crippen LogP contribution in [-0.4, -0.2) is 33.6 Å². The van der Waals surface area contributed by atoms with Crippen molar-refractivity contribution in [2.45, 2.75) is 4.34 Å². The maximum absolute atomic E-state index is 12.7. The summed E-state index contributed by atoms with van der Waals surface area (Å²) in [6.07, 6.45) is 0. The molecule has 0 atom stereocenters. The van der Waals surface area contributed by atoms with E-state index in [0.29, 0.717) is 15.2 Å². The van der Waals surface area contributed by atoms with Crippen LogP contribution in [0.2, 0.25) is 0 Å². The van der Waals surface area contributed by atoms with Crippen LogP contribution in [0, 0.1) is 5.82 Å². The van der Waals surface area contributed by atoms with Gasteiger partial charge in [0.2, 0.25) is 16.9 Å². The van der Waals surface area contributed by atoms with Gasteiger partial charge in [0.15, 0.2) is 4.34 Å². The average molecular weight is 361 g/mol. The van der Waals surface area contributed by atoms with Crippen molar-refractivity contribution < 1.29 is 14.0 Å². The van der Waals surface area contributed by atoms with Gasteiger partial charge in [-0.1, -0.05) is 23.1 Å². The first-order chi connectivity index (χ1) is 10.6. The fraction of sp³-hybridized carbons (Fsp3) is 0.167. The standard InChI is InChI=1S/C12H10ClFN4O2S2/c13-5-9(19)16-11-17-18-12(22-11)21-6-10(20)15-8-3-1-7(14)2-4-8/h1-4H,5-6H2,(H,15,20)(H,16,17,19). The van der Waals surface area contributed by atoms with Gasteiger partial charge in [-0.2, -0.15) is 0 Å². The Balaban J connectivity index is 1.81. The smallest absolute Gasteiger partial charge is 0.241 e. The molecule has 0 unspecified atom stereocenters. The zero-order valence-corrected chi connectivity index (χ0v) is 13.4. The number of nitrogens with one attached hydrogen (secondary N) is 2. The molecular weight excluding hydrogens is 351 g/mol. The number of thioether (sulfide) groups is 1. The second-order valence-corrected chi connectivity index (χ2v) is 6.37. The fourth-order valence-corrected chi connectivity index (χ4v) is 2.96. The Labute approximate surface area is 138 Å². The number of nitrogens with zero attached hydrogens (tertiary/aromatic N) is 2. The van der Waals surface area contributed by atoms with Gasteiger partial charge in [0.25, 0.3) is 0 Å². The zero-order chi connectivity index (χ0) is 15.9. The van der Waals surface area contributed by atoms with Crippen LogP contribution in [0.15, 0.2) is 28.6 Å². The lowest BCUT2D eigenvalue weighted by Gasteiger charge is -2.03. The van der Waals surface area contributed by atoms with E-state index in [1.54, 1.807) is 0 Å². The fourth-order valence-electron chi connectivity index (χ4n) is 1.33. The molecule has 0 spiro atoms. The number of aromatic nitrogens is 2. The number of halogens is 2. The van der Waals surface area contributed by atoms with Gasteiger partial charge in [0, 0.05) is 5.69 Å². The van der Waals surface area contributed by atoms with Gasteiger partial charge in [0.1, 0.15) is 11.7 Å². The number of hydrogen-bond donors (Lipinski definition) is 2. The van der Waals surface area contributed by atoms with Crippen molar-refractivity contribution in [2.24, 2.45) is 0 Å². The molecule has 1 aromatic carbocycles. The molecule has 0 saturated heterocycles. The van der Waals surface area contributed by atoms with E-state index in [4.69, 9.17) is 11.6 Å². The van der Waals surface area contributed by atoms with Crippen molar-refractivity contribution in [1.29, 1.82) is 0 Å². The predicted octanol–water partition coefficient (Wildman–Crippen LogP) is 2.59. The summed E-state index contributed by atoms with van der Waals surface area (Å²) in [7, 11) is 0. The Morgan fingerprint density at radius 3 is 2.59 bits per heavy atom. The molecule has 22 heavy (non-hydrogen) atoms. The topological polar surface area (TPSA) is 84.0 Å². The zero-order valence-electron chi connectivity index (χ0n) is 11.0. The lowest BCUT2D eigenvalue weighted by Crippen LogP contribution is -2.13. The second kappa shape index (κ2) is 8.06. The van der Waals surface area contributed by atoms with Gasteiger partial charge in [-0.25, -0.2) is 4.39 Å². The van der Waals surface area contributed by atoms with Crippen molar-refractivity contribution in [2.75, 3.05) is 22.3 Å². The van der Waals surface area contributed by atoms with Crippen LogP contribution in [-0.2, 0) is 9.59 Å². The average Bonchev–Trinajstić information content (AvgIpc) is 2.95. The van der Waals surface area contributed by atoms with E-state index in [-0.39, 0.29) is 29.3 Å². The van der Waals surface area contributed by atoms with E-state index in [9.17, 15) is 14.0 Å². The van der Waals surface area contributed by atoms with Crippen LogP contribution >= 0.6 is 34.7 Å². The van der Waals surface area contributed by atoms with Gasteiger partial charge in [-0.05, 0) is 24.3 Å². The molecule has 0 fully saturated rings. The van der Waals surface area contributed by atoms with Crippen LogP contribution in [0.4, 0.5) is 15.2 Å². The summed E-state index contributed by atoms with van der Waals surface area (Å²) < 4.78 is 13.3. The molecule has 0 bridgehead atoms. The van der Waals surface area contributed by atoms with Crippen LogP contribution in [0.5, 0.6) is 0 Å². The van der Waals surface area contributed by atoms with Crippen molar-refractivity contribution in [3.63, 3.8) is 0 Å². The maximum atomic E-state index is 12.7. The van der Waals surface area contributed by atoms with Crippen molar-refractivity contribution in [1.82, 2.24) is 10.2 Å². The third kappa shape index (κ3) is 5.24. The Morgan fingerprint density at radius 1 is 1.18 bits per heavy atom. The molecule has 2 rings (SSSR count). The van der Waals surface area contributed by atoms with Crippen LogP contribution in [0.1, 0.15) is 0 Å². The lowest BCUT2D eigenvalue weighted by atomic mass is 10.3. The predicted molar refractivity (Wildman–Crippen MR) is 85.0 cm³/mol. The number of alkyl halides is 1.